The molecule has 20 heavy (non-hydrogen) atoms. The number of morpholine rings is 1. The summed E-state index contributed by atoms with van der Waals surface area (Å²) in [7, 11) is 0. The summed E-state index contributed by atoms with van der Waals surface area (Å²) < 4.78 is 15.9. The van der Waals surface area contributed by atoms with Crippen molar-refractivity contribution in [1.82, 2.24) is 4.90 Å². The second kappa shape index (κ2) is 5.30. The average molecular weight is 279 g/mol. The van der Waals surface area contributed by atoms with Gasteiger partial charge in [-0.1, -0.05) is 0 Å². The molecule has 2 aliphatic heterocycles. The molecule has 2 heterocycles. The minimum absolute atomic E-state index is 0.261. The number of benzene rings is 1. The summed E-state index contributed by atoms with van der Waals surface area (Å²) >= 11 is 0. The van der Waals surface area contributed by atoms with Crippen LogP contribution in [0.2, 0.25) is 0 Å². The summed E-state index contributed by atoms with van der Waals surface area (Å²) in [5.41, 5.74) is 2.24. The van der Waals surface area contributed by atoms with Crippen molar-refractivity contribution in [2.24, 2.45) is 0 Å². The summed E-state index contributed by atoms with van der Waals surface area (Å²) in [5.74, 6) is 0.627. The van der Waals surface area contributed by atoms with E-state index in [1.165, 1.54) is 0 Å². The van der Waals surface area contributed by atoms with Gasteiger partial charge in [0.15, 0.2) is 17.6 Å². The minimum atomic E-state index is -0.905. The van der Waals surface area contributed by atoms with Gasteiger partial charge in [-0.05, 0) is 30.2 Å². The highest BCUT2D eigenvalue weighted by Crippen LogP contribution is 2.35. The summed E-state index contributed by atoms with van der Waals surface area (Å²) in [6.07, 6.45) is -0.738. The highest BCUT2D eigenvalue weighted by molar-refractivity contribution is 5.72. The van der Waals surface area contributed by atoms with Crippen molar-refractivity contribution in [1.29, 1.82) is 0 Å². The van der Waals surface area contributed by atoms with E-state index in [-0.39, 0.29) is 6.79 Å². The van der Waals surface area contributed by atoms with E-state index in [9.17, 15) is 4.79 Å². The summed E-state index contributed by atoms with van der Waals surface area (Å²) in [5, 5.41) is 9.02. The molecule has 6 heteroatoms. The largest absolute Gasteiger partial charge is 0.479 e. The molecule has 6 nitrogen and oxygen atoms in total. The van der Waals surface area contributed by atoms with Gasteiger partial charge < -0.3 is 19.3 Å². The molecule has 0 spiro atoms. The van der Waals surface area contributed by atoms with E-state index in [1.807, 2.05) is 19.1 Å². The van der Waals surface area contributed by atoms with Gasteiger partial charge in [0.05, 0.1) is 6.61 Å². The molecule has 1 aromatic rings. The van der Waals surface area contributed by atoms with Crippen LogP contribution in [0.25, 0.3) is 0 Å². The maximum atomic E-state index is 11.0. The zero-order valence-electron chi connectivity index (χ0n) is 11.3. The van der Waals surface area contributed by atoms with E-state index >= 15 is 0 Å². The number of carbonyl (C=O) groups is 1. The first-order valence-corrected chi connectivity index (χ1v) is 6.59. The highest BCUT2D eigenvalue weighted by atomic mass is 16.7. The van der Waals surface area contributed by atoms with Crippen LogP contribution in [-0.4, -0.2) is 48.6 Å². The zero-order valence-corrected chi connectivity index (χ0v) is 11.3. The standard InChI is InChI=1S/C14H17NO5/c1-9-4-11-12(20-8-19-11)5-10(9)6-15-2-3-18-13(7-15)14(16)17/h4-5,13H,2-3,6-8H2,1H3,(H,16,17)/t13-/m0/s1. The van der Waals surface area contributed by atoms with Crippen molar-refractivity contribution in [2.45, 2.75) is 19.6 Å². The molecular formula is C14H17NO5. The van der Waals surface area contributed by atoms with Crippen LogP contribution in [0, 0.1) is 6.92 Å². The van der Waals surface area contributed by atoms with Crippen LogP contribution < -0.4 is 9.47 Å². The van der Waals surface area contributed by atoms with Crippen LogP contribution in [0.4, 0.5) is 0 Å². The number of fused-ring (bicyclic) bond motifs is 1. The Morgan fingerprint density at radius 3 is 2.90 bits per heavy atom. The quantitative estimate of drug-likeness (QED) is 0.890. The monoisotopic (exact) mass is 279 g/mol. The van der Waals surface area contributed by atoms with Gasteiger partial charge in [0.25, 0.3) is 0 Å². The van der Waals surface area contributed by atoms with Gasteiger partial charge in [-0.15, -0.1) is 0 Å². The van der Waals surface area contributed by atoms with Gasteiger partial charge in [-0.2, -0.15) is 0 Å². The lowest BCUT2D eigenvalue weighted by molar-refractivity contribution is -0.156. The Morgan fingerprint density at radius 2 is 2.15 bits per heavy atom. The number of rotatable bonds is 3. The second-order valence-corrected chi connectivity index (χ2v) is 5.06. The second-order valence-electron chi connectivity index (χ2n) is 5.06. The molecule has 0 radical (unpaired) electrons. The Balaban J connectivity index is 1.73. The number of nitrogens with zero attached hydrogens (tertiary/aromatic N) is 1. The number of carboxylic acid groups (broad SMARTS) is 1. The van der Waals surface area contributed by atoms with Gasteiger partial charge in [0, 0.05) is 19.6 Å². The maximum absolute atomic E-state index is 11.0. The van der Waals surface area contributed by atoms with Crippen LogP contribution in [-0.2, 0) is 16.1 Å². The summed E-state index contributed by atoms with van der Waals surface area (Å²) in [4.78, 5) is 13.1. The number of hydrogen-bond acceptors (Lipinski definition) is 5. The van der Waals surface area contributed by atoms with E-state index in [0.29, 0.717) is 19.7 Å². The Bertz CT molecular complexity index is 531. The van der Waals surface area contributed by atoms with Crippen LogP contribution in [0.3, 0.4) is 0 Å². The van der Waals surface area contributed by atoms with Gasteiger partial charge in [0.1, 0.15) is 0 Å². The lowest BCUT2D eigenvalue weighted by Crippen LogP contribution is -2.45. The highest BCUT2D eigenvalue weighted by Gasteiger charge is 2.27. The van der Waals surface area contributed by atoms with Gasteiger partial charge >= 0.3 is 5.97 Å². The first-order chi connectivity index (χ1) is 9.63. The van der Waals surface area contributed by atoms with E-state index < -0.39 is 12.1 Å². The molecule has 1 fully saturated rings. The molecule has 0 saturated carbocycles. The van der Waals surface area contributed by atoms with E-state index in [0.717, 1.165) is 29.2 Å². The third-order valence-electron chi connectivity index (χ3n) is 3.65. The van der Waals surface area contributed by atoms with Gasteiger partial charge in [-0.3, -0.25) is 4.90 Å². The van der Waals surface area contributed by atoms with Crippen molar-refractivity contribution in [3.63, 3.8) is 0 Å². The molecule has 0 aliphatic carbocycles. The molecule has 0 unspecified atom stereocenters. The van der Waals surface area contributed by atoms with Crippen molar-refractivity contribution in [3.05, 3.63) is 23.3 Å². The molecule has 2 aliphatic rings. The minimum Gasteiger partial charge on any atom is -0.479 e. The van der Waals surface area contributed by atoms with Gasteiger partial charge in [0.2, 0.25) is 6.79 Å². The molecule has 1 aromatic carbocycles. The molecule has 108 valence electrons. The number of carboxylic acids is 1. The Hall–Kier alpha value is -1.79. The SMILES string of the molecule is Cc1cc2c(cc1CN1CCO[C@H](C(=O)O)C1)OCO2. The van der Waals surface area contributed by atoms with Crippen molar-refractivity contribution in [3.8, 4) is 11.5 Å². The lowest BCUT2D eigenvalue weighted by atomic mass is 10.1. The van der Waals surface area contributed by atoms with Crippen molar-refractivity contribution >= 4 is 5.97 Å². The fourth-order valence-electron chi connectivity index (χ4n) is 2.49. The molecule has 0 bridgehead atoms. The van der Waals surface area contributed by atoms with Crippen LogP contribution in [0.15, 0.2) is 12.1 Å². The zero-order chi connectivity index (χ0) is 14.1. The van der Waals surface area contributed by atoms with E-state index in [4.69, 9.17) is 19.3 Å². The smallest absolute Gasteiger partial charge is 0.334 e. The maximum Gasteiger partial charge on any atom is 0.334 e. The first-order valence-electron chi connectivity index (χ1n) is 6.59. The first kappa shape index (κ1) is 13.2. The average Bonchev–Trinajstić information content (AvgIpc) is 2.86. The molecule has 0 aromatic heterocycles. The lowest BCUT2D eigenvalue weighted by Gasteiger charge is -2.31. The Labute approximate surface area is 116 Å². The summed E-state index contributed by atoms with van der Waals surface area (Å²) in [6.45, 7) is 4.56. The van der Waals surface area contributed by atoms with Crippen LogP contribution in [0.5, 0.6) is 11.5 Å². The molecule has 1 N–H and O–H groups in total. The molecule has 3 rings (SSSR count). The predicted octanol–water partition coefficient (Wildman–Crippen LogP) is 1.01. The fourth-order valence-corrected chi connectivity index (χ4v) is 2.49. The molecule has 0 amide bonds. The molecule has 1 saturated heterocycles. The van der Waals surface area contributed by atoms with E-state index in [1.54, 1.807) is 0 Å². The van der Waals surface area contributed by atoms with Crippen molar-refractivity contribution in [2.75, 3.05) is 26.5 Å². The third-order valence-corrected chi connectivity index (χ3v) is 3.65. The fraction of sp³-hybridized carbons (Fsp3) is 0.500. The third kappa shape index (κ3) is 2.57. The number of hydrogen-bond donors (Lipinski definition) is 1. The Kier molecular flexibility index (Phi) is 3.50. The van der Waals surface area contributed by atoms with Crippen molar-refractivity contribution < 1.29 is 24.1 Å². The topological polar surface area (TPSA) is 68.2 Å². The Morgan fingerprint density at radius 1 is 1.40 bits per heavy atom. The number of aliphatic carboxylic acids is 1. The van der Waals surface area contributed by atoms with Gasteiger partial charge in [-0.25, -0.2) is 4.79 Å². The number of aryl methyl sites for hydroxylation is 1. The van der Waals surface area contributed by atoms with Crippen LogP contribution >= 0.6 is 0 Å². The number of ether oxygens (including phenoxy) is 3. The predicted molar refractivity (Wildman–Crippen MR) is 70.0 cm³/mol. The molecular weight excluding hydrogens is 262 g/mol. The summed E-state index contributed by atoms with van der Waals surface area (Å²) in [6, 6.07) is 3.94. The normalized spacial score (nSPS) is 21.9. The molecule has 1 atom stereocenters. The van der Waals surface area contributed by atoms with Crippen LogP contribution in [0.1, 0.15) is 11.1 Å². The van der Waals surface area contributed by atoms with E-state index in [2.05, 4.69) is 4.90 Å².